The summed E-state index contributed by atoms with van der Waals surface area (Å²) >= 11 is 0. The SMILES string of the molecule is CCNS(=O)(=O)c1ccc(CCC(=O)N(Cc2ccc(F)cc2)[C@H](Cc2ccccc2)C(=O)NCc2ccccn2)cc1. The first-order valence-corrected chi connectivity index (χ1v) is 15.6. The van der Waals surface area contributed by atoms with Gasteiger partial charge in [-0.05, 0) is 59.5 Å². The monoisotopic (exact) mass is 602 g/mol. The van der Waals surface area contributed by atoms with E-state index in [1.165, 1.54) is 29.2 Å². The number of hydrogen-bond acceptors (Lipinski definition) is 5. The highest BCUT2D eigenvalue weighted by atomic mass is 32.2. The molecular weight excluding hydrogens is 567 g/mol. The smallest absolute Gasteiger partial charge is 0.243 e. The number of sulfonamides is 1. The first kappa shape index (κ1) is 31.5. The lowest BCUT2D eigenvalue weighted by Gasteiger charge is -2.31. The first-order chi connectivity index (χ1) is 20.7. The second kappa shape index (κ2) is 15.2. The molecule has 1 heterocycles. The maximum absolute atomic E-state index is 13.9. The molecule has 0 radical (unpaired) electrons. The minimum Gasteiger partial charge on any atom is -0.349 e. The van der Waals surface area contributed by atoms with Gasteiger partial charge in [-0.2, -0.15) is 0 Å². The first-order valence-electron chi connectivity index (χ1n) is 14.1. The maximum atomic E-state index is 13.9. The predicted molar refractivity (Wildman–Crippen MR) is 163 cm³/mol. The van der Waals surface area contributed by atoms with Crippen LogP contribution in [-0.4, -0.2) is 42.7 Å². The van der Waals surface area contributed by atoms with Gasteiger partial charge in [-0.1, -0.05) is 67.6 Å². The maximum Gasteiger partial charge on any atom is 0.243 e. The molecule has 4 rings (SSSR count). The Morgan fingerprint density at radius 2 is 1.53 bits per heavy atom. The van der Waals surface area contributed by atoms with Crippen molar-refractivity contribution in [1.29, 1.82) is 0 Å². The van der Waals surface area contributed by atoms with Crippen molar-refractivity contribution in [2.24, 2.45) is 0 Å². The number of aryl methyl sites for hydroxylation is 1. The Morgan fingerprint density at radius 3 is 2.19 bits per heavy atom. The Labute approximate surface area is 252 Å². The Bertz CT molecular complexity index is 1580. The van der Waals surface area contributed by atoms with Gasteiger partial charge in [-0.25, -0.2) is 17.5 Å². The largest absolute Gasteiger partial charge is 0.349 e. The molecule has 0 saturated carbocycles. The molecule has 0 aliphatic rings. The Kier molecular flexibility index (Phi) is 11.1. The average Bonchev–Trinajstić information content (AvgIpc) is 3.02. The Morgan fingerprint density at radius 1 is 0.860 bits per heavy atom. The molecule has 3 aromatic carbocycles. The molecule has 4 aromatic rings. The van der Waals surface area contributed by atoms with Crippen LogP contribution < -0.4 is 10.0 Å². The fourth-order valence-electron chi connectivity index (χ4n) is 4.64. The van der Waals surface area contributed by atoms with E-state index in [2.05, 4.69) is 15.0 Å². The van der Waals surface area contributed by atoms with Crippen molar-refractivity contribution >= 4 is 21.8 Å². The molecule has 2 amide bonds. The number of aromatic nitrogens is 1. The van der Waals surface area contributed by atoms with Crippen LogP contribution in [-0.2, 0) is 45.5 Å². The normalized spacial score (nSPS) is 12.0. The van der Waals surface area contributed by atoms with Gasteiger partial charge in [0, 0.05) is 32.1 Å². The molecule has 1 atom stereocenters. The molecule has 0 saturated heterocycles. The van der Waals surface area contributed by atoms with Crippen molar-refractivity contribution in [3.05, 3.63) is 131 Å². The number of pyridine rings is 1. The third kappa shape index (κ3) is 9.29. The van der Waals surface area contributed by atoms with E-state index in [0.29, 0.717) is 17.7 Å². The molecule has 2 N–H and O–H groups in total. The molecular formula is C33H35FN4O4S. The summed E-state index contributed by atoms with van der Waals surface area (Å²) in [6, 6.07) is 26.3. The quantitative estimate of drug-likeness (QED) is 0.222. The number of amides is 2. The van der Waals surface area contributed by atoms with Gasteiger partial charge in [0.05, 0.1) is 17.1 Å². The van der Waals surface area contributed by atoms with Gasteiger partial charge in [0.25, 0.3) is 0 Å². The molecule has 0 spiro atoms. The van der Waals surface area contributed by atoms with E-state index in [4.69, 9.17) is 0 Å². The molecule has 0 aliphatic carbocycles. The molecule has 224 valence electrons. The van der Waals surface area contributed by atoms with E-state index >= 15 is 0 Å². The standard InChI is InChI=1S/C33H35FN4O4S/c1-2-37-43(41,42)30-18-13-25(14-19-30)15-20-32(39)38(24-27-11-16-28(34)17-12-27)31(22-26-8-4-3-5-9-26)33(40)36-23-29-10-6-7-21-35-29/h3-14,16-19,21,31,37H,2,15,20,22-24H2,1H3,(H,36,40)/t31-/m1/s1. The minimum absolute atomic E-state index is 0.0827. The number of carbonyl (C=O) groups is 2. The van der Waals surface area contributed by atoms with Crippen molar-refractivity contribution in [1.82, 2.24) is 19.9 Å². The van der Waals surface area contributed by atoms with Crippen LogP contribution in [0.15, 0.2) is 108 Å². The van der Waals surface area contributed by atoms with Crippen LogP contribution in [0.25, 0.3) is 0 Å². The van der Waals surface area contributed by atoms with Crippen molar-refractivity contribution in [2.45, 2.75) is 50.2 Å². The molecule has 8 nitrogen and oxygen atoms in total. The van der Waals surface area contributed by atoms with Gasteiger partial charge >= 0.3 is 0 Å². The summed E-state index contributed by atoms with van der Waals surface area (Å²) in [5, 5.41) is 2.94. The lowest BCUT2D eigenvalue weighted by atomic mass is 10.0. The number of halogens is 1. The van der Waals surface area contributed by atoms with Crippen LogP contribution in [0.4, 0.5) is 4.39 Å². The highest BCUT2D eigenvalue weighted by molar-refractivity contribution is 7.89. The van der Waals surface area contributed by atoms with Crippen LogP contribution in [0.1, 0.15) is 35.7 Å². The van der Waals surface area contributed by atoms with Crippen LogP contribution in [0.5, 0.6) is 0 Å². The number of hydrogen-bond donors (Lipinski definition) is 2. The topological polar surface area (TPSA) is 108 Å². The van der Waals surface area contributed by atoms with Crippen molar-refractivity contribution in [3.8, 4) is 0 Å². The lowest BCUT2D eigenvalue weighted by Crippen LogP contribution is -2.50. The van der Waals surface area contributed by atoms with Crippen LogP contribution in [0.3, 0.4) is 0 Å². The van der Waals surface area contributed by atoms with Gasteiger partial charge in [-0.15, -0.1) is 0 Å². The zero-order chi connectivity index (χ0) is 30.7. The summed E-state index contributed by atoms with van der Waals surface area (Å²) in [6.45, 7) is 2.29. The summed E-state index contributed by atoms with van der Waals surface area (Å²) in [6.07, 6.45) is 2.35. The van der Waals surface area contributed by atoms with E-state index in [-0.39, 0.29) is 49.2 Å². The van der Waals surface area contributed by atoms with E-state index < -0.39 is 21.9 Å². The van der Waals surface area contributed by atoms with Crippen LogP contribution in [0.2, 0.25) is 0 Å². The third-order valence-corrected chi connectivity index (χ3v) is 8.46. The number of rotatable bonds is 14. The van der Waals surface area contributed by atoms with Gasteiger partial charge in [0.1, 0.15) is 11.9 Å². The molecule has 0 fully saturated rings. The van der Waals surface area contributed by atoms with Gasteiger partial charge in [0.2, 0.25) is 21.8 Å². The van der Waals surface area contributed by atoms with E-state index in [0.717, 1.165) is 11.1 Å². The summed E-state index contributed by atoms with van der Waals surface area (Å²) in [4.78, 5) is 33.5. The van der Waals surface area contributed by atoms with Gasteiger partial charge in [-0.3, -0.25) is 14.6 Å². The zero-order valence-corrected chi connectivity index (χ0v) is 24.8. The number of nitrogens with zero attached hydrogens (tertiary/aromatic N) is 2. The Balaban J connectivity index is 1.58. The fourth-order valence-corrected chi connectivity index (χ4v) is 5.68. The van der Waals surface area contributed by atoms with Crippen molar-refractivity contribution in [2.75, 3.05) is 6.54 Å². The molecule has 0 bridgehead atoms. The van der Waals surface area contributed by atoms with E-state index in [1.807, 2.05) is 42.5 Å². The van der Waals surface area contributed by atoms with E-state index in [1.54, 1.807) is 43.5 Å². The second-order valence-electron chi connectivity index (χ2n) is 10.0. The third-order valence-electron chi connectivity index (χ3n) is 6.90. The summed E-state index contributed by atoms with van der Waals surface area (Å²) in [5.41, 5.74) is 3.04. The van der Waals surface area contributed by atoms with Gasteiger partial charge in [0.15, 0.2) is 0 Å². The molecule has 0 unspecified atom stereocenters. The second-order valence-corrected chi connectivity index (χ2v) is 11.8. The number of benzene rings is 3. The highest BCUT2D eigenvalue weighted by Crippen LogP contribution is 2.18. The summed E-state index contributed by atoms with van der Waals surface area (Å²) < 4.78 is 40.7. The molecule has 10 heteroatoms. The van der Waals surface area contributed by atoms with Crippen molar-refractivity contribution < 1.29 is 22.4 Å². The Hall–Kier alpha value is -4.41. The number of nitrogens with one attached hydrogen (secondary N) is 2. The zero-order valence-electron chi connectivity index (χ0n) is 23.9. The number of carbonyl (C=O) groups excluding carboxylic acids is 2. The molecule has 1 aromatic heterocycles. The molecule has 0 aliphatic heterocycles. The van der Waals surface area contributed by atoms with Crippen LogP contribution >= 0.6 is 0 Å². The van der Waals surface area contributed by atoms with Gasteiger partial charge < -0.3 is 10.2 Å². The summed E-state index contributed by atoms with van der Waals surface area (Å²) in [7, 11) is -3.59. The highest BCUT2D eigenvalue weighted by Gasteiger charge is 2.30. The molecule has 43 heavy (non-hydrogen) atoms. The van der Waals surface area contributed by atoms with E-state index in [9.17, 15) is 22.4 Å². The fraction of sp³-hybridized carbons (Fsp3) is 0.242. The minimum atomic E-state index is -3.59. The predicted octanol–water partition coefficient (Wildman–Crippen LogP) is 4.41. The summed E-state index contributed by atoms with van der Waals surface area (Å²) in [5.74, 6) is -0.985. The van der Waals surface area contributed by atoms with Crippen LogP contribution in [0, 0.1) is 5.82 Å². The average molecular weight is 603 g/mol. The lowest BCUT2D eigenvalue weighted by molar-refractivity contribution is -0.141. The van der Waals surface area contributed by atoms with Crippen molar-refractivity contribution in [3.63, 3.8) is 0 Å².